The molecule has 2 heterocycles. The van der Waals surface area contributed by atoms with Gasteiger partial charge in [0.1, 0.15) is 11.1 Å². The maximum absolute atomic E-state index is 13.0. The van der Waals surface area contributed by atoms with Gasteiger partial charge in [0.25, 0.3) is 11.8 Å². The normalized spacial score (nSPS) is 14.3. The molecule has 0 radical (unpaired) electrons. The van der Waals surface area contributed by atoms with Crippen LogP contribution in [0.15, 0.2) is 41.7 Å². The van der Waals surface area contributed by atoms with Crippen LogP contribution in [0.4, 0.5) is 0 Å². The number of hydrogen-bond acceptors (Lipinski definition) is 4. The van der Waals surface area contributed by atoms with Crippen LogP contribution in [0.25, 0.3) is 0 Å². The minimum absolute atomic E-state index is 0.0268. The summed E-state index contributed by atoms with van der Waals surface area (Å²) in [7, 11) is 0. The number of carbonyl (C=O) groups excluding carboxylic acids is 2. The molecule has 0 spiro atoms. The van der Waals surface area contributed by atoms with E-state index in [1.165, 1.54) is 19.3 Å². The molecule has 2 amide bonds. The van der Waals surface area contributed by atoms with E-state index in [4.69, 9.17) is 0 Å². The summed E-state index contributed by atoms with van der Waals surface area (Å²) in [4.78, 5) is 42.5. The van der Waals surface area contributed by atoms with Gasteiger partial charge >= 0.3 is 0 Å². The van der Waals surface area contributed by atoms with Crippen LogP contribution >= 0.6 is 0 Å². The molecule has 0 aromatic carbocycles. The minimum Gasteiger partial charge on any atom is -0.352 e. The lowest BCUT2D eigenvalue weighted by molar-refractivity contribution is 0.0941. The van der Waals surface area contributed by atoms with Gasteiger partial charge in [-0.1, -0.05) is 19.3 Å². The van der Waals surface area contributed by atoms with Crippen molar-refractivity contribution >= 4 is 11.8 Å². The molecule has 0 unspecified atom stereocenters. The first-order valence-corrected chi connectivity index (χ1v) is 11.7. The SMILES string of the molecule is CC(C)NC(=O)c1cn(CC2CCCCC2)cc(C(=O)NCCCc2ccncc2)c1=O. The van der Waals surface area contributed by atoms with Gasteiger partial charge < -0.3 is 15.2 Å². The van der Waals surface area contributed by atoms with Gasteiger partial charge in [0, 0.05) is 43.9 Å². The Bertz CT molecular complexity index is 963. The summed E-state index contributed by atoms with van der Waals surface area (Å²) in [5.41, 5.74) is 0.686. The standard InChI is InChI=1S/C25H34N4O3/c1-18(2)28-25(32)22-17-29(15-20-7-4-3-5-8-20)16-21(23(22)30)24(31)27-12-6-9-19-10-13-26-14-11-19/h10-11,13-14,16-18,20H,3-9,12,15H2,1-2H3,(H,27,31)(H,28,32). The van der Waals surface area contributed by atoms with E-state index in [0.29, 0.717) is 19.0 Å². The number of aryl methyl sites for hydroxylation is 1. The number of nitrogens with zero attached hydrogens (tertiary/aromatic N) is 2. The fourth-order valence-electron chi connectivity index (χ4n) is 4.21. The van der Waals surface area contributed by atoms with Crippen LogP contribution < -0.4 is 16.1 Å². The third kappa shape index (κ3) is 6.77. The fourth-order valence-corrected chi connectivity index (χ4v) is 4.21. The van der Waals surface area contributed by atoms with Gasteiger partial charge in [0.05, 0.1) is 0 Å². The largest absolute Gasteiger partial charge is 0.352 e. The second kappa shape index (κ2) is 11.6. The molecule has 32 heavy (non-hydrogen) atoms. The molecule has 172 valence electrons. The Morgan fingerprint density at radius 2 is 1.72 bits per heavy atom. The predicted molar refractivity (Wildman–Crippen MR) is 125 cm³/mol. The van der Waals surface area contributed by atoms with Crippen molar-refractivity contribution in [3.8, 4) is 0 Å². The van der Waals surface area contributed by atoms with E-state index in [1.807, 2.05) is 30.5 Å². The van der Waals surface area contributed by atoms with E-state index in [9.17, 15) is 14.4 Å². The average molecular weight is 439 g/mol. The lowest BCUT2D eigenvalue weighted by atomic mass is 9.89. The van der Waals surface area contributed by atoms with Crippen molar-refractivity contribution in [3.05, 3.63) is 63.8 Å². The zero-order valence-electron chi connectivity index (χ0n) is 19.1. The summed E-state index contributed by atoms with van der Waals surface area (Å²) in [6.07, 6.45) is 14.2. The van der Waals surface area contributed by atoms with E-state index in [-0.39, 0.29) is 17.2 Å². The highest BCUT2D eigenvalue weighted by Gasteiger charge is 2.21. The van der Waals surface area contributed by atoms with Gasteiger partial charge in [-0.15, -0.1) is 0 Å². The summed E-state index contributed by atoms with van der Waals surface area (Å²) in [6, 6.07) is 3.80. The molecule has 2 aromatic heterocycles. The van der Waals surface area contributed by atoms with Crippen LogP contribution in [0.3, 0.4) is 0 Å². The second-order valence-corrected chi connectivity index (χ2v) is 8.96. The van der Waals surface area contributed by atoms with Crippen LogP contribution in [-0.2, 0) is 13.0 Å². The Morgan fingerprint density at radius 3 is 2.38 bits per heavy atom. The van der Waals surface area contributed by atoms with E-state index in [1.54, 1.807) is 24.8 Å². The molecule has 1 aliphatic carbocycles. The van der Waals surface area contributed by atoms with E-state index in [2.05, 4.69) is 15.6 Å². The molecule has 2 aromatic rings. The first-order valence-electron chi connectivity index (χ1n) is 11.7. The van der Waals surface area contributed by atoms with Crippen molar-refractivity contribution in [2.75, 3.05) is 6.54 Å². The molecule has 1 fully saturated rings. The number of carbonyl (C=O) groups is 2. The molecule has 0 atom stereocenters. The van der Waals surface area contributed by atoms with Crippen molar-refractivity contribution in [1.82, 2.24) is 20.2 Å². The number of nitrogens with one attached hydrogen (secondary N) is 2. The van der Waals surface area contributed by atoms with Crippen molar-refractivity contribution in [3.63, 3.8) is 0 Å². The lowest BCUT2D eigenvalue weighted by Crippen LogP contribution is -2.38. The zero-order valence-corrected chi connectivity index (χ0v) is 19.1. The number of amides is 2. The summed E-state index contributed by atoms with van der Waals surface area (Å²) < 4.78 is 1.86. The zero-order chi connectivity index (χ0) is 22.9. The molecule has 1 aliphatic rings. The molecular weight excluding hydrogens is 404 g/mol. The Kier molecular flexibility index (Phi) is 8.59. The first kappa shape index (κ1) is 23.7. The van der Waals surface area contributed by atoms with Crippen molar-refractivity contribution in [2.45, 2.75) is 71.4 Å². The molecule has 7 heteroatoms. The van der Waals surface area contributed by atoms with Crippen molar-refractivity contribution in [1.29, 1.82) is 0 Å². The highest BCUT2D eigenvalue weighted by Crippen LogP contribution is 2.25. The maximum Gasteiger partial charge on any atom is 0.256 e. The molecule has 3 rings (SSSR count). The third-order valence-corrected chi connectivity index (χ3v) is 5.86. The van der Waals surface area contributed by atoms with Gasteiger partial charge in [-0.2, -0.15) is 0 Å². The van der Waals surface area contributed by atoms with Crippen molar-refractivity contribution in [2.24, 2.45) is 5.92 Å². The van der Waals surface area contributed by atoms with Crippen LogP contribution in [0.2, 0.25) is 0 Å². The second-order valence-electron chi connectivity index (χ2n) is 8.96. The number of hydrogen-bond donors (Lipinski definition) is 2. The minimum atomic E-state index is -0.519. The summed E-state index contributed by atoms with van der Waals surface area (Å²) in [5, 5.41) is 5.63. The van der Waals surface area contributed by atoms with E-state index in [0.717, 1.165) is 31.2 Å². The average Bonchev–Trinajstić information content (AvgIpc) is 2.78. The van der Waals surface area contributed by atoms with Crippen LogP contribution in [-0.4, -0.2) is 34.0 Å². The van der Waals surface area contributed by atoms with Crippen LogP contribution in [0.5, 0.6) is 0 Å². The molecule has 0 bridgehead atoms. The van der Waals surface area contributed by atoms with Gasteiger partial charge in [-0.25, -0.2) is 0 Å². The number of pyridine rings is 2. The van der Waals surface area contributed by atoms with Gasteiger partial charge in [0.15, 0.2) is 0 Å². The Morgan fingerprint density at radius 1 is 1.06 bits per heavy atom. The molecule has 2 N–H and O–H groups in total. The van der Waals surface area contributed by atoms with Gasteiger partial charge in [0.2, 0.25) is 5.43 Å². The summed E-state index contributed by atoms with van der Waals surface area (Å²) in [6.45, 7) is 4.85. The molecular formula is C25H34N4O3. The van der Waals surface area contributed by atoms with Crippen LogP contribution in [0.1, 0.15) is 78.7 Å². The first-order chi connectivity index (χ1) is 15.4. The molecule has 0 saturated heterocycles. The van der Waals surface area contributed by atoms with Gasteiger partial charge in [-0.05, 0) is 63.1 Å². The summed E-state index contributed by atoms with van der Waals surface area (Å²) >= 11 is 0. The smallest absolute Gasteiger partial charge is 0.256 e. The van der Waals surface area contributed by atoms with Gasteiger partial charge in [-0.3, -0.25) is 19.4 Å². The maximum atomic E-state index is 13.0. The Labute approximate surface area is 189 Å². The third-order valence-electron chi connectivity index (χ3n) is 5.86. The molecule has 1 saturated carbocycles. The Hall–Kier alpha value is -2.96. The molecule has 7 nitrogen and oxygen atoms in total. The fraction of sp³-hybridized carbons (Fsp3) is 0.520. The number of rotatable bonds is 9. The monoisotopic (exact) mass is 438 g/mol. The van der Waals surface area contributed by atoms with E-state index < -0.39 is 17.2 Å². The number of aromatic nitrogens is 2. The lowest BCUT2D eigenvalue weighted by Gasteiger charge is -2.23. The molecule has 0 aliphatic heterocycles. The predicted octanol–water partition coefficient (Wildman–Crippen LogP) is 3.32. The topological polar surface area (TPSA) is 93.1 Å². The quantitative estimate of drug-likeness (QED) is 0.588. The highest BCUT2D eigenvalue weighted by atomic mass is 16.2. The Balaban J connectivity index is 1.74. The highest BCUT2D eigenvalue weighted by molar-refractivity contribution is 5.99. The van der Waals surface area contributed by atoms with E-state index >= 15 is 0 Å². The summed E-state index contributed by atoms with van der Waals surface area (Å²) in [5.74, 6) is -0.361. The van der Waals surface area contributed by atoms with Crippen molar-refractivity contribution < 1.29 is 9.59 Å². The van der Waals surface area contributed by atoms with Crippen LogP contribution in [0, 0.1) is 5.92 Å².